The molecule has 1 fully saturated rings. The Labute approximate surface area is 126 Å². The van der Waals surface area contributed by atoms with E-state index < -0.39 is 10.0 Å². The quantitative estimate of drug-likeness (QED) is 0.730. The summed E-state index contributed by atoms with van der Waals surface area (Å²) in [6, 6.07) is 4.42. The van der Waals surface area contributed by atoms with Crippen LogP contribution in [0.4, 0.5) is 0 Å². The van der Waals surface area contributed by atoms with E-state index in [0.29, 0.717) is 30.7 Å². The summed E-state index contributed by atoms with van der Waals surface area (Å²) in [5, 5.41) is 0. The van der Waals surface area contributed by atoms with Crippen LogP contribution < -0.4 is 10.4 Å². The maximum Gasteiger partial charge on any atom is 0.323 e. The number of aromatic nitrogens is 2. The third-order valence-corrected chi connectivity index (χ3v) is 4.82. The average molecular weight is 327 g/mol. The summed E-state index contributed by atoms with van der Waals surface area (Å²) in [5.41, 5.74) is 0.642. The van der Waals surface area contributed by atoms with Gasteiger partial charge in [0.1, 0.15) is 0 Å². The zero-order valence-electron chi connectivity index (χ0n) is 11.8. The fourth-order valence-corrected chi connectivity index (χ4v) is 3.35. The first-order valence-electron chi connectivity index (χ1n) is 6.99. The smallest absolute Gasteiger partial charge is 0.323 e. The number of benzene rings is 1. The van der Waals surface area contributed by atoms with Crippen molar-refractivity contribution in [2.24, 2.45) is 0 Å². The normalized spacial score (nSPS) is 17.1. The van der Waals surface area contributed by atoms with Gasteiger partial charge in [0.2, 0.25) is 10.0 Å². The van der Waals surface area contributed by atoms with Crippen LogP contribution in [0.2, 0.25) is 0 Å². The Morgan fingerprint density at radius 1 is 1.18 bits per heavy atom. The van der Waals surface area contributed by atoms with E-state index in [1.54, 1.807) is 6.07 Å². The molecule has 3 N–H and O–H groups in total. The fraction of sp³-hybridized carbons (Fsp3) is 0.462. The van der Waals surface area contributed by atoms with Crippen molar-refractivity contribution in [3.8, 4) is 0 Å². The molecule has 0 radical (unpaired) electrons. The van der Waals surface area contributed by atoms with Crippen LogP contribution >= 0.6 is 0 Å². The van der Waals surface area contributed by atoms with E-state index in [1.165, 1.54) is 12.1 Å². The maximum atomic E-state index is 12.2. The Morgan fingerprint density at radius 3 is 2.68 bits per heavy atom. The van der Waals surface area contributed by atoms with Crippen molar-refractivity contribution in [1.29, 1.82) is 0 Å². The van der Waals surface area contributed by atoms with Gasteiger partial charge in [-0.25, -0.2) is 17.9 Å². The van der Waals surface area contributed by atoms with Gasteiger partial charge in [0.25, 0.3) is 0 Å². The third kappa shape index (κ3) is 3.38. The summed E-state index contributed by atoms with van der Waals surface area (Å²) in [6.45, 7) is 1.48. The molecular weight excluding hydrogens is 310 g/mol. The summed E-state index contributed by atoms with van der Waals surface area (Å²) < 4.78 is 37.7. The first-order chi connectivity index (χ1) is 10.5. The minimum absolute atomic E-state index is 0.0979. The molecule has 1 aliphatic heterocycles. The minimum Gasteiger partial charge on any atom is -0.353 e. The van der Waals surface area contributed by atoms with Gasteiger partial charge in [-0.3, -0.25) is 0 Å². The van der Waals surface area contributed by atoms with Crippen LogP contribution in [0.25, 0.3) is 11.0 Å². The van der Waals surface area contributed by atoms with E-state index >= 15 is 0 Å². The Hall–Kier alpha value is -1.68. The summed E-state index contributed by atoms with van der Waals surface area (Å²) in [5.74, 6) is 0. The summed E-state index contributed by atoms with van der Waals surface area (Å²) in [7, 11) is -3.64. The first-order valence-corrected chi connectivity index (χ1v) is 8.48. The number of H-pyrrole nitrogens is 2. The Kier molecular flexibility index (Phi) is 4.30. The molecule has 2 aromatic rings. The van der Waals surface area contributed by atoms with Gasteiger partial charge in [0, 0.05) is 13.0 Å². The SMILES string of the molecule is O=c1[nH]c2ccc(S(=O)(=O)NCCC3OCCCO3)cc2[nH]1. The van der Waals surface area contributed by atoms with Crippen LogP contribution in [0.3, 0.4) is 0 Å². The van der Waals surface area contributed by atoms with Crippen LogP contribution in [-0.2, 0) is 19.5 Å². The highest BCUT2D eigenvalue weighted by molar-refractivity contribution is 7.89. The van der Waals surface area contributed by atoms with Crippen molar-refractivity contribution >= 4 is 21.1 Å². The molecule has 22 heavy (non-hydrogen) atoms. The predicted octanol–water partition coefficient (Wildman–Crippen LogP) is 0.288. The highest BCUT2D eigenvalue weighted by Crippen LogP contribution is 2.15. The Balaban J connectivity index is 1.66. The number of aromatic amines is 2. The molecule has 0 atom stereocenters. The van der Waals surface area contributed by atoms with Crippen LogP contribution in [0.5, 0.6) is 0 Å². The second kappa shape index (κ2) is 6.21. The van der Waals surface area contributed by atoms with Gasteiger partial charge in [-0.2, -0.15) is 0 Å². The molecule has 1 aliphatic rings. The zero-order valence-corrected chi connectivity index (χ0v) is 12.6. The number of hydrogen-bond acceptors (Lipinski definition) is 5. The number of rotatable bonds is 5. The first kappa shape index (κ1) is 15.2. The molecule has 9 heteroatoms. The van der Waals surface area contributed by atoms with E-state index in [0.717, 1.165) is 6.42 Å². The maximum absolute atomic E-state index is 12.2. The van der Waals surface area contributed by atoms with Crippen LogP contribution in [0.15, 0.2) is 27.9 Å². The van der Waals surface area contributed by atoms with Gasteiger partial charge in [-0.15, -0.1) is 0 Å². The Bertz CT molecular complexity index is 804. The van der Waals surface area contributed by atoms with Crippen LogP contribution in [0, 0.1) is 0 Å². The van der Waals surface area contributed by atoms with Crippen molar-refractivity contribution in [2.45, 2.75) is 24.0 Å². The Morgan fingerprint density at radius 2 is 1.91 bits per heavy atom. The number of ether oxygens (including phenoxy) is 2. The number of fused-ring (bicyclic) bond motifs is 1. The van der Waals surface area contributed by atoms with E-state index in [-0.39, 0.29) is 23.4 Å². The second-order valence-electron chi connectivity index (χ2n) is 5.00. The largest absolute Gasteiger partial charge is 0.353 e. The average Bonchev–Trinajstić information content (AvgIpc) is 2.87. The molecule has 1 saturated heterocycles. The lowest BCUT2D eigenvalue weighted by molar-refractivity contribution is -0.180. The van der Waals surface area contributed by atoms with Gasteiger partial charge < -0.3 is 19.4 Å². The van der Waals surface area contributed by atoms with Crippen LogP contribution in [-0.4, -0.2) is 44.4 Å². The molecule has 0 unspecified atom stereocenters. The molecule has 0 spiro atoms. The molecule has 2 heterocycles. The standard InChI is InChI=1S/C13H17N3O5S/c17-13-15-10-3-2-9(8-11(10)16-13)22(18,19)14-5-4-12-20-6-1-7-21-12/h2-3,8,12,14H,1,4-7H2,(H2,15,16,17). The van der Waals surface area contributed by atoms with Gasteiger partial charge in [0.15, 0.2) is 6.29 Å². The van der Waals surface area contributed by atoms with Gasteiger partial charge in [-0.1, -0.05) is 0 Å². The van der Waals surface area contributed by atoms with Gasteiger partial charge >= 0.3 is 5.69 Å². The number of imidazole rings is 1. The van der Waals surface area contributed by atoms with Crippen molar-refractivity contribution in [3.05, 3.63) is 28.7 Å². The lowest BCUT2D eigenvalue weighted by Gasteiger charge is -2.23. The second-order valence-corrected chi connectivity index (χ2v) is 6.76. The topological polar surface area (TPSA) is 113 Å². The monoisotopic (exact) mass is 327 g/mol. The molecule has 0 aliphatic carbocycles. The third-order valence-electron chi connectivity index (χ3n) is 3.37. The zero-order chi connectivity index (χ0) is 15.6. The number of nitrogens with one attached hydrogen (secondary N) is 3. The molecule has 1 aromatic heterocycles. The van der Waals surface area contributed by atoms with Crippen molar-refractivity contribution < 1.29 is 17.9 Å². The lowest BCUT2D eigenvalue weighted by Crippen LogP contribution is -2.31. The number of hydrogen-bond donors (Lipinski definition) is 3. The highest BCUT2D eigenvalue weighted by Gasteiger charge is 2.18. The molecule has 0 saturated carbocycles. The van der Waals surface area contributed by atoms with Crippen molar-refractivity contribution in [2.75, 3.05) is 19.8 Å². The number of sulfonamides is 1. The molecule has 8 nitrogen and oxygen atoms in total. The molecule has 0 amide bonds. The van der Waals surface area contributed by atoms with E-state index in [9.17, 15) is 13.2 Å². The van der Waals surface area contributed by atoms with E-state index in [1.807, 2.05) is 0 Å². The molecule has 3 rings (SSSR count). The van der Waals surface area contributed by atoms with Gasteiger partial charge in [-0.05, 0) is 24.6 Å². The lowest BCUT2D eigenvalue weighted by atomic mass is 10.3. The fourth-order valence-electron chi connectivity index (χ4n) is 2.28. The molecule has 1 aromatic carbocycles. The summed E-state index contributed by atoms with van der Waals surface area (Å²) in [6.07, 6.45) is 0.944. The predicted molar refractivity (Wildman–Crippen MR) is 79.0 cm³/mol. The minimum atomic E-state index is -3.64. The van der Waals surface area contributed by atoms with Crippen molar-refractivity contribution in [3.63, 3.8) is 0 Å². The molecule has 120 valence electrons. The molecule has 0 bridgehead atoms. The molecular formula is C13H17N3O5S. The van der Waals surface area contributed by atoms with Crippen molar-refractivity contribution in [1.82, 2.24) is 14.7 Å². The van der Waals surface area contributed by atoms with Crippen LogP contribution in [0.1, 0.15) is 12.8 Å². The summed E-state index contributed by atoms with van der Waals surface area (Å²) in [4.78, 5) is 16.4. The van der Waals surface area contributed by atoms with Gasteiger partial charge in [0.05, 0.1) is 29.1 Å². The van der Waals surface area contributed by atoms with E-state index in [4.69, 9.17) is 9.47 Å². The summed E-state index contributed by atoms with van der Waals surface area (Å²) >= 11 is 0. The highest BCUT2D eigenvalue weighted by atomic mass is 32.2. The van der Waals surface area contributed by atoms with E-state index in [2.05, 4.69) is 14.7 Å².